The molecule has 3 aromatic carbocycles. The highest BCUT2D eigenvalue weighted by Gasteiger charge is 2.16. The molecule has 166 valence electrons. The van der Waals surface area contributed by atoms with Crippen molar-refractivity contribution in [2.75, 3.05) is 5.32 Å². The molecule has 0 spiro atoms. The molecule has 3 rings (SSSR count). The lowest BCUT2D eigenvalue weighted by Crippen LogP contribution is -2.13. The Morgan fingerprint density at radius 2 is 1.85 bits per heavy atom. The summed E-state index contributed by atoms with van der Waals surface area (Å²) in [4.78, 5) is 23.0. The molecule has 7 nitrogen and oxygen atoms in total. The van der Waals surface area contributed by atoms with Gasteiger partial charge in [-0.2, -0.15) is 5.26 Å². The highest BCUT2D eigenvalue weighted by molar-refractivity contribution is 6.36. The van der Waals surface area contributed by atoms with Gasteiger partial charge in [0, 0.05) is 33.4 Å². The number of ether oxygens (including phenoxy) is 1. The van der Waals surface area contributed by atoms with Gasteiger partial charge in [-0.15, -0.1) is 0 Å². The number of amides is 1. The summed E-state index contributed by atoms with van der Waals surface area (Å²) in [6.45, 7) is 0.129. The van der Waals surface area contributed by atoms with E-state index in [0.717, 1.165) is 5.56 Å². The molecule has 0 aliphatic rings. The van der Waals surface area contributed by atoms with Gasteiger partial charge in [0.2, 0.25) is 0 Å². The van der Waals surface area contributed by atoms with Crippen LogP contribution < -0.4 is 10.1 Å². The van der Waals surface area contributed by atoms with Crippen LogP contribution in [-0.2, 0) is 11.4 Å². The van der Waals surface area contributed by atoms with Gasteiger partial charge in [-0.05, 0) is 42.0 Å². The van der Waals surface area contributed by atoms with Crippen molar-refractivity contribution >= 4 is 58.2 Å². The smallest absolute Gasteiger partial charge is 0.271 e. The molecule has 0 atom stereocenters. The fourth-order valence-electron chi connectivity index (χ4n) is 2.82. The monoisotopic (exact) mass is 501 g/mol. The van der Waals surface area contributed by atoms with E-state index in [1.54, 1.807) is 18.2 Å². The van der Waals surface area contributed by atoms with Gasteiger partial charge in [0.25, 0.3) is 11.6 Å². The van der Waals surface area contributed by atoms with E-state index in [9.17, 15) is 20.2 Å². The van der Waals surface area contributed by atoms with Crippen LogP contribution in [0, 0.1) is 21.4 Å². The summed E-state index contributed by atoms with van der Waals surface area (Å²) in [5.41, 5.74) is 0.769. The average molecular weight is 503 g/mol. The molecule has 0 aromatic heterocycles. The van der Waals surface area contributed by atoms with Crippen molar-refractivity contribution < 1.29 is 14.5 Å². The first-order valence-corrected chi connectivity index (χ1v) is 10.4. The molecular weight excluding hydrogens is 489 g/mol. The number of nitro benzene ring substituents is 1. The lowest BCUT2D eigenvalue weighted by molar-refractivity contribution is -0.384. The first kappa shape index (κ1) is 24.1. The van der Waals surface area contributed by atoms with Crippen LogP contribution in [0.15, 0.2) is 66.2 Å². The van der Waals surface area contributed by atoms with E-state index >= 15 is 0 Å². The van der Waals surface area contributed by atoms with Crippen LogP contribution >= 0.6 is 34.8 Å². The topological polar surface area (TPSA) is 105 Å². The molecule has 3 aromatic rings. The quantitative estimate of drug-likeness (QED) is 0.168. The third-order valence-electron chi connectivity index (χ3n) is 4.29. The molecule has 1 amide bonds. The number of carbonyl (C=O) groups is 1. The molecule has 0 fully saturated rings. The number of carbonyl (C=O) groups excluding carboxylic acids is 1. The molecule has 0 aliphatic heterocycles. The van der Waals surface area contributed by atoms with Crippen LogP contribution in [0.5, 0.6) is 5.75 Å². The SMILES string of the molecule is N#C/C(=C\c1cc(Cl)cc(Cl)c1OCc1cccc(Cl)c1)C(=O)Nc1cccc([N+](=O)[O-])c1. The Morgan fingerprint density at radius 3 is 2.55 bits per heavy atom. The van der Waals surface area contributed by atoms with Gasteiger partial charge < -0.3 is 10.1 Å². The number of nitro groups is 1. The maximum Gasteiger partial charge on any atom is 0.271 e. The molecular formula is C23H14Cl3N3O4. The minimum atomic E-state index is -0.769. The number of nitriles is 1. The van der Waals surface area contributed by atoms with E-state index in [4.69, 9.17) is 39.5 Å². The van der Waals surface area contributed by atoms with E-state index < -0.39 is 10.8 Å². The highest BCUT2D eigenvalue weighted by atomic mass is 35.5. The number of nitrogens with zero attached hydrogens (tertiary/aromatic N) is 2. The van der Waals surface area contributed by atoms with Crippen molar-refractivity contribution in [2.24, 2.45) is 0 Å². The minimum Gasteiger partial charge on any atom is -0.487 e. The largest absolute Gasteiger partial charge is 0.487 e. The summed E-state index contributed by atoms with van der Waals surface area (Å²) < 4.78 is 5.84. The number of benzene rings is 3. The second-order valence-electron chi connectivity index (χ2n) is 6.66. The van der Waals surface area contributed by atoms with E-state index in [0.29, 0.717) is 10.6 Å². The number of non-ortho nitro benzene ring substituents is 1. The highest BCUT2D eigenvalue weighted by Crippen LogP contribution is 2.35. The van der Waals surface area contributed by atoms with E-state index in [2.05, 4.69) is 5.32 Å². The molecule has 0 unspecified atom stereocenters. The molecule has 0 aliphatic carbocycles. The van der Waals surface area contributed by atoms with Crippen molar-refractivity contribution in [3.63, 3.8) is 0 Å². The van der Waals surface area contributed by atoms with Crippen LogP contribution in [0.1, 0.15) is 11.1 Å². The standard InChI is InChI=1S/C23H14Cl3N3O4/c24-17-4-1-3-14(7-17)13-33-22-15(9-18(25)10-21(22)26)8-16(12-27)23(30)28-19-5-2-6-20(11-19)29(31)32/h1-11H,13H2,(H,28,30)/b16-8+. The van der Waals surface area contributed by atoms with Crippen molar-refractivity contribution in [3.05, 3.63) is 103 Å². The Morgan fingerprint density at radius 1 is 1.09 bits per heavy atom. The van der Waals surface area contributed by atoms with Crippen molar-refractivity contribution in [2.45, 2.75) is 6.61 Å². The molecule has 1 N–H and O–H groups in total. The normalized spacial score (nSPS) is 10.9. The zero-order valence-electron chi connectivity index (χ0n) is 16.7. The number of anilines is 1. The Bertz CT molecular complexity index is 1300. The third-order valence-corrected chi connectivity index (χ3v) is 5.02. The van der Waals surface area contributed by atoms with Gasteiger partial charge in [0.1, 0.15) is 24.0 Å². The van der Waals surface area contributed by atoms with Crippen molar-refractivity contribution in [1.29, 1.82) is 5.26 Å². The predicted octanol–water partition coefficient (Wildman–Crippen LogP) is 6.68. The molecule has 33 heavy (non-hydrogen) atoms. The molecule has 0 heterocycles. The first-order valence-electron chi connectivity index (χ1n) is 9.30. The van der Waals surface area contributed by atoms with Gasteiger partial charge in [-0.1, -0.05) is 53.0 Å². The molecule has 0 radical (unpaired) electrons. The summed E-state index contributed by atoms with van der Waals surface area (Å²) in [6.07, 6.45) is 1.28. The van der Waals surface area contributed by atoms with E-state index in [-0.39, 0.29) is 39.3 Å². The van der Waals surface area contributed by atoms with Crippen LogP contribution in [0.4, 0.5) is 11.4 Å². The fraction of sp³-hybridized carbons (Fsp3) is 0.0435. The predicted molar refractivity (Wildman–Crippen MR) is 128 cm³/mol. The summed E-state index contributed by atoms with van der Waals surface area (Å²) in [6, 6.07) is 17.2. The number of hydrogen-bond acceptors (Lipinski definition) is 5. The van der Waals surface area contributed by atoms with Gasteiger partial charge >= 0.3 is 0 Å². The van der Waals surface area contributed by atoms with Gasteiger partial charge in [-0.3, -0.25) is 14.9 Å². The fourth-order valence-corrected chi connectivity index (χ4v) is 3.60. The maximum absolute atomic E-state index is 12.6. The van der Waals surface area contributed by atoms with Crippen LogP contribution in [-0.4, -0.2) is 10.8 Å². The first-order chi connectivity index (χ1) is 15.8. The molecule has 0 bridgehead atoms. The third kappa shape index (κ3) is 6.46. The lowest BCUT2D eigenvalue weighted by atomic mass is 10.1. The average Bonchev–Trinajstić information content (AvgIpc) is 2.76. The van der Waals surface area contributed by atoms with Crippen LogP contribution in [0.3, 0.4) is 0 Å². The summed E-state index contributed by atoms with van der Waals surface area (Å²) in [7, 11) is 0. The van der Waals surface area contributed by atoms with Crippen LogP contribution in [0.2, 0.25) is 15.1 Å². The van der Waals surface area contributed by atoms with Gasteiger partial charge in [-0.25, -0.2) is 0 Å². The number of nitrogens with one attached hydrogen (secondary N) is 1. The Kier molecular flexibility index (Phi) is 7.91. The van der Waals surface area contributed by atoms with E-state index in [1.807, 2.05) is 12.1 Å². The lowest BCUT2D eigenvalue weighted by Gasteiger charge is -2.13. The van der Waals surface area contributed by atoms with Crippen molar-refractivity contribution in [3.8, 4) is 11.8 Å². The van der Waals surface area contributed by atoms with E-state index in [1.165, 1.54) is 42.5 Å². The van der Waals surface area contributed by atoms with Gasteiger partial charge in [0.05, 0.1) is 9.95 Å². The second-order valence-corrected chi connectivity index (χ2v) is 7.94. The number of hydrogen-bond donors (Lipinski definition) is 1. The molecule has 0 saturated carbocycles. The number of rotatable bonds is 7. The summed E-state index contributed by atoms with van der Waals surface area (Å²) in [5.74, 6) is -0.549. The summed E-state index contributed by atoms with van der Waals surface area (Å²) >= 11 is 18.4. The number of halogens is 3. The van der Waals surface area contributed by atoms with Gasteiger partial charge in [0.15, 0.2) is 0 Å². The second kappa shape index (κ2) is 10.8. The van der Waals surface area contributed by atoms with Crippen molar-refractivity contribution in [1.82, 2.24) is 0 Å². The summed E-state index contributed by atoms with van der Waals surface area (Å²) in [5, 5.41) is 23.9. The minimum absolute atomic E-state index is 0.129. The van der Waals surface area contributed by atoms with Crippen LogP contribution in [0.25, 0.3) is 6.08 Å². The molecule has 10 heteroatoms. The zero-order chi connectivity index (χ0) is 24.0. The Balaban J connectivity index is 1.89. The molecule has 0 saturated heterocycles. The Hall–Kier alpha value is -3.57. The Labute approximate surface area is 203 Å². The maximum atomic E-state index is 12.6. The zero-order valence-corrected chi connectivity index (χ0v) is 19.0.